The topological polar surface area (TPSA) is 98.8 Å². The molecule has 2 heterocycles. The average molecular weight is 383 g/mol. The van der Waals surface area contributed by atoms with Gasteiger partial charge in [-0.3, -0.25) is 0 Å². The lowest BCUT2D eigenvalue weighted by Crippen LogP contribution is -2.30. The van der Waals surface area contributed by atoms with Crippen LogP contribution < -0.4 is 10.6 Å². The van der Waals surface area contributed by atoms with Crippen LogP contribution in [0.4, 0.5) is 10.1 Å². The van der Waals surface area contributed by atoms with Gasteiger partial charge >= 0.3 is 0 Å². The van der Waals surface area contributed by atoms with Gasteiger partial charge in [0.2, 0.25) is 5.84 Å². The molecule has 1 aromatic carbocycles. The van der Waals surface area contributed by atoms with Crippen LogP contribution >= 0.6 is 11.6 Å². The van der Waals surface area contributed by atoms with Crippen LogP contribution in [0.1, 0.15) is 24.2 Å². The summed E-state index contributed by atoms with van der Waals surface area (Å²) in [5, 5.41) is 26.2. The van der Waals surface area contributed by atoms with Crippen molar-refractivity contribution in [3.8, 4) is 0 Å². The maximum atomic E-state index is 13.3. The summed E-state index contributed by atoms with van der Waals surface area (Å²) in [6.45, 7) is 4.47. The van der Waals surface area contributed by atoms with Gasteiger partial charge in [0.25, 0.3) is 0 Å². The van der Waals surface area contributed by atoms with Crippen LogP contribution in [0.3, 0.4) is 0 Å². The molecule has 0 unspecified atom stereocenters. The van der Waals surface area contributed by atoms with Crippen molar-refractivity contribution in [1.82, 2.24) is 20.5 Å². The zero-order valence-electron chi connectivity index (χ0n) is 14.1. The third-order valence-corrected chi connectivity index (χ3v) is 4.45. The quantitative estimate of drug-likeness (QED) is 0.222. The highest BCUT2D eigenvalue weighted by molar-refractivity contribution is 6.31. The zero-order valence-corrected chi connectivity index (χ0v) is 14.8. The highest BCUT2D eigenvalue weighted by Crippen LogP contribution is 2.20. The molecule has 0 spiro atoms. The minimum atomic E-state index is -0.536. The van der Waals surface area contributed by atoms with Crippen LogP contribution in [0.2, 0.25) is 5.02 Å². The van der Waals surface area contributed by atoms with E-state index in [0.717, 1.165) is 26.2 Å². The van der Waals surface area contributed by atoms with E-state index in [-0.39, 0.29) is 16.6 Å². The minimum Gasteiger partial charge on any atom is -0.409 e. The van der Waals surface area contributed by atoms with Gasteiger partial charge in [0.15, 0.2) is 5.69 Å². The fourth-order valence-corrected chi connectivity index (χ4v) is 2.98. The van der Waals surface area contributed by atoms with E-state index in [1.165, 1.54) is 31.0 Å². The van der Waals surface area contributed by atoms with E-state index >= 15 is 0 Å². The van der Waals surface area contributed by atoms with E-state index in [1.54, 1.807) is 0 Å². The molecule has 1 aliphatic heterocycles. The van der Waals surface area contributed by atoms with Crippen molar-refractivity contribution in [1.29, 1.82) is 0 Å². The third kappa shape index (κ3) is 4.69. The summed E-state index contributed by atoms with van der Waals surface area (Å²) in [6, 6.07) is 4.05. The number of nitrogens with one attached hydrogen (secondary N) is 2. The van der Waals surface area contributed by atoms with Crippen molar-refractivity contribution < 1.29 is 14.2 Å². The first-order valence-corrected chi connectivity index (χ1v) is 8.74. The lowest BCUT2D eigenvalue weighted by molar-refractivity contribution is 0.299. The molecule has 0 atom stereocenters. The molecule has 26 heavy (non-hydrogen) atoms. The Morgan fingerprint density at radius 3 is 2.88 bits per heavy atom. The molecule has 0 radical (unpaired) electrons. The molecule has 1 aliphatic rings. The second-order valence-electron chi connectivity index (χ2n) is 5.99. The van der Waals surface area contributed by atoms with Gasteiger partial charge in [-0.25, -0.2) is 9.02 Å². The summed E-state index contributed by atoms with van der Waals surface area (Å²) in [4.78, 5) is 2.40. The predicted octanol–water partition coefficient (Wildman–Crippen LogP) is 2.30. The molecule has 1 aromatic heterocycles. The van der Waals surface area contributed by atoms with E-state index in [9.17, 15) is 9.60 Å². The van der Waals surface area contributed by atoms with E-state index in [4.69, 9.17) is 16.2 Å². The number of rotatable bonds is 7. The Morgan fingerprint density at radius 2 is 2.15 bits per heavy atom. The van der Waals surface area contributed by atoms with E-state index < -0.39 is 5.82 Å². The number of anilines is 1. The first-order chi connectivity index (χ1) is 12.7. The maximum Gasteiger partial charge on any atom is 0.201 e. The first-order valence-electron chi connectivity index (χ1n) is 8.36. The highest BCUT2D eigenvalue weighted by Gasteiger charge is 2.18. The summed E-state index contributed by atoms with van der Waals surface area (Å²) in [7, 11) is 0. The second-order valence-corrected chi connectivity index (χ2v) is 6.39. The SMILES string of the molecule is O/N=C(/Nc1ccc(F)c(Cl)c1)c1nonc1CNCCN1CCCC1. The number of hydrogen-bond acceptors (Lipinski definition) is 7. The molecule has 0 aliphatic carbocycles. The second kappa shape index (κ2) is 8.93. The van der Waals surface area contributed by atoms with Gasteiger partial charge in [0.1, 0.15) is 11.5 Å². The molecule has 1 saturated heterocycles. The van der Waals surface area contributed by atoms with Crippen LogP contribution in [-0.2, 0) is 6.54 Å². The minimum absolute atomic E-state index is 0.0327. The normalized spacial score (nSPS) is 15.5. The fourth-order valence-electron chi connectivity index (χ4n) is 2.79. The van der Waals surface area contributed by atoms with Crippen molar-refractivity contribution in [2.45, 2.75) is 19.4 Å². The Kier molecular flexibility index (Phi) is 6.37. The van der Waals surface area contributed by atoms with Crippen molar-refractivity contribution in [2.24, 2.45) is 5.16 Å². The molecular weight excluding hydrogens is 363 g/mol. The number of hydrogen-bond donors (Lipinski definition) is 3. The number of oxime groups is 1. The lowest BCUT2D eigenvalue weighted by atomic mass is 10.2. The van der Waals surface area contributed by atoms with Crippen molar-refractivity contribution in [3.63, 3.8) is 0 Å². The van der Waals surface area contributed by atoms with Gasteiger partial charge in [0, 0.05) is 25.3 Å². The number of benzene rings is 1. The molecule has 0 saturated carbocycles. The fraction of sp³-hybridized carbons (Fsp3) is 0.438. The first kappa shape index (κ1) is 18.6. The number of likely N-dealkylation sites (tertiary alicyclic amines) is 1. The summed E-state index contributed by atoms with van der Waals surface area (Å²) < 4.78 is 18.0. The highest BCUT2D eigenvalue weighted by atomic mass is 35.5. The Balaban J connectivity index is 1.58. The van der Waals surface area contributed by atoms with Crippen LogP contribution in [0.15, 0.2) is 28.0 Å². The molecule has 1 fully saturated rings. The summed E-state index contributed by atoms with van der Waals surface area (Å²) in [6.07, 6.45) is 2.51. The Bertz CT molecular complexity index is 763. The third-order valence-electron chi connectivity index (χ3n) is 4.16. The van der Waals surface area contributed by atoms with Gasteiger partial charge in [-0.1, -0.05) is 21.9 Å². The van der Waals surface area contributed by atoms with Crippen molar-refractivity contribution in [3.05, 3.63) is 40.4 Å². The van der Waals surface area contributed by atoms with Gasteiger partial charge in [-0.2, -0.15) is 0 Å². The molecule has 2 aromatic rings. The Hall–Kier alpha value is -2.23. The van der Waals surface area contributed by atoms with Crippen molar-refractivity contribution >= 4 is 23.1 Å². The summed E-state index contributed by atoms with van der Waals surface area (Å²) in [5.74, 6) is -0.504. The molecule has 8 nitrogen and oxygen atoms in total. The van der Waals surface area contributed by atoms with Crippen LogP contribution in [0, 0.1) is 5.82 Å². The largest absolute Gasteiger partial charge is 0.409 e. The van der Waals surface area contributed by atoms with Crippen LogP contribution in [-0.4, -0.2) is 52.4 Å². The van der Waals surface area contributed by atoms with E-state index in [2.05, 4.69) is 31.0 Å². The molecule has 0 amide bonds. The summed E-state index contributed by atoms with van der Waals surface area (Å²) >= 11 is 5.76. The van der Waals surface area contributed by atoms with Crippen molar-refractivity contribution in [2.75, 3.05) is 31.5 Å². The van der Waals surface area contributed by atoms with E-state index in [1.807, 2.05) is 0 Å². The monoisotopic (exact) mass is 382 g/mol. The van der Waals surface area contributed by atoms with Crippen LogP contribution in [0.25, 0.3) is 0 Å². The Labute approximate surface area is 155 Å². The molecule has 3 N–H and O–H groups in total. The Morgan fingerprint density at radius 1 is 1.35 bits per heavy atom. The number of nitrogens with zero attached hydrogens (tertiary/aromatic N) is 4. The molecule has 10 heteroatoms. The smallest absolute Gasteiger partial charge is 0.201 e. The van der Waals surface area contributed by atoms with Gasteiger partial charge < -0.3 is 20.7 Å². The number of halogens is 2. The predicted molar refractivity (Wildman–Crippen MR) is 95.0 cm³/mol. The van der Waals surface area contributed by atoms with Gasteiger partial charge in [0.05, 0.1) is 5.02 Å². The average Bonchev–Trinajstić information content (AvgIpc) is 3.31. The zero-order chi connectivity index (χ0) is 18.4. The molecule has 0 bridgehead atoms. The maximum absolute atomic E-state index is 13.3. The molecule has 140 valence electrons. The molecule has 3 rings (SSSR count). The summed E-state index contributed by atoms with van der Waals surface area (Å²) in [5.41, 5.74) is 1.21. The van der Waals surface area contributed by atoms with Gasteiger partial charge in [-0.15, -0.1) is 0 Å². The number of aromatic nitrogens is 2. The number of amidine groups is 1. The lowest BCUT2D eigenvalue weighted by Gasteiger charge is -2.14. The standard InChI is InChI=1S/C16H20ClFN6O2/c17-12-9-11(3-4-13(12)18)20-16(21-25)15-14(22-26-23-15)10-19-5-8-24-6-1-2-7-24/h3-4,9,19,25H,1-2,5-8,10H2,(H,20,21). The van der Waals surface area contributed by atoms with Crippen LogP contribution in [0.5, 0.6) is 0 Å². The molecular formula is C16H20ClFN6O2. The van der Waals surface area contributed by atoms with Gasteiger partial charge in [-0.05, 0) is 49.3 Å². The van der Waals surface area contributed by atoms with E-state index in [0.29, 0.717) is 17.9 Å².